The van der Waals surface area contributed by atoms with E-state index in [0.29, 0.717) is 19.6 Å². The molecule has 2 rings (SSSR count). The Kier molecular flexibility index (Phi) is 4.60. The van der Waals surface area contributed by atoms with E-state index in [2.05, 4.69) is 5.32 Å². The predicted molar refractivity (Wildman–Crippen MR) is 76.0 cm³/mol. The molecule has 8 heteroatoms. The lowest BCUT2D eigenvalue weighted by atomic mass is 10.1. The third-order valence-electron chi connectivity index (χ3n) is 3.39. The van der Waals surface area contributed by atoms with Crippen LogP contribution in [0.5, 0.6) is 0 Å². The quantitative estimate of drug-likeness (QED) is 0.833. The monoisotopic (exact) mass is 315 g/mol. The Morgan fingerprint density at radius 1 is 1.48 bits per heavy atom. The van der Waals surface area contributed by atoms with Crippen LogP contribution < -0.4 is 10.0 Å². The molecule has 0 saturated carbocycles. The minimum absolute atomic E-state index is 0.166. The molecular formula is C13H18FN3O3S. The van der Waals surface area contributed by atoms with Gasteiger partial charge in [0.25, 0.3) is 5.91 Å². The maximum absolute atomic E-state index is 13.7. The van der Waals surface area contributed by atoms with Gasteiger partial charge >= 0.3 is 0 Å². The van der Waals surface area contributed by atoms with Crippen molar-refractivity contribution in [1.29, 1.82) is 0 Å². The van der Waals surface area contributed by atoms with Gasteiger partial charge in [-0.3, -0.25) is 4.79 Å². The average Bonchev–Trinajstić information content (AvgIpc) is 2.47. The van der Waals surface area contributed by atoms with Crippen molar-refractivity contribution in [1.82, 2.24) is 14.9 Å². The lowest BCUT2D eigenvalue weighted by Crippen LogP contribution is -2.51. The van der Waals surface area contributed by atoms with Gasteiger partial charge in [-0.2, -0.15) is 0 Å². The molecule has 1 aliphatic rings. The maximum Gasteiger partial charge on any atom is 0.253 e. The lowest BCUT2D eigenvalue weighted by molar-refractivity contribution is 0.0708. The SMILES string of the molecule is CNS(=O)(=O)c1cc(C(=O)N2CCN[C@@H](C)C2)ccc1F. The van der Waals surface area contributed by atoms with Crippen molar-refractivity contribution in [2.24, 2.45) is 0 Å². The first-order valence-corrected chi connectivity index (χ1v) is 8.09. The number of nitrogens with zero attached hydrogens (tertiary/aromatic N) is 1. The number of hydrogen-bond acceptors (Lipinski definition) is 4. The summed E-state index contributed by atoms with van der Waals surface area (Å²) in [4.78, 5) is 13.5. The number of rotatable bonds is 3. The van der Waals surface area contributed by atoms with E-state index >= 15 is 0 Å². The van der Waals surface area contributed by atoms with Gasteiger partial charge in [-0.1, -0.05) is 0 Å². The van der Waals surface area contributed by atoms with Crippen LogP contribution in [0.1, 0.15) is 17.3 Å². The van der Waals surface area contributed by atoms with E-state index in [4.69, 9.17) is 0 Å². The standard InChI is InChI=1S/C13H18FN3O3S/c1-9-8-17(6-5-16-9)13(18)10-3-4-11(14)12(7-10)21(19,20)15-2/h3-4,7,9,15-16H,5-6,8H2,1-2H3/t9-/m0/s1. The van der Waals surface area contributed by atoms with Crippen LogP contribution in [0.15, 0.2) is 23.1 Å². The van der Waals surface area contributed by atoms with Gasteiger partial charge in [0, 0.05) is 31.2 Å². The van der Waals surface area contributed by atoms with Crippen LogP contribution in [0, 0.1) is 5.82 Å². The molecule has 1 aromatic carbocycles. The molecule has 1 aliphatic heterocycles. The smallest absolute Gasteiger partial charge is 0.253 e. The molecule has 1 saturated heterocycles. The number of benzene rings is 1. The van der Waals surface area contributed by atoms with Crippen LogP contribution in [0.3, 0.4) is 0 Å². The van der Waals surface area contributed by atoms with Crippen molar-refractivity contribution < 1.29 is 17.6 Å². The molecule has 21 heavy (non-hydrogen) atoms. The summed E-state index contributed by atoms with van der Waals surface area (Å²) in [6.45, 7) is 3.70. The summed E-state index contributed by atoms with van der Waals surface area (Å²) >= 11 is 0. The Bertz CT molecular complexity index is 648. The van der Waals surface area contributed by atoms with Gasteiger partial charge in [0.2, 0.25) is 10.0 Å². The first kappa shape index (κ1) is 15.9. The molecule has 1 atom stereocenters. The summed E-state index contributed by atoms with van der Waals surface area (Å²) in [6, 6.07) is 3.56. The summed E-state index contributed by atoms with van der Waals surface area (Å²) < 4.78 is 39.2. The lowest BCUT2D eigenvalue weighted by Gasteiger charge is -2.32. The Morgan fingerprint density at radius 2 is 2.19 bits per heavy atom. The van der Waals surface area contributed by atoms with E-state index in [1.807, 2.05) is 11.6 Å². The van der Waals surface area contributed by atoms with Gasteiger partial charge < -0.3 is 10.2 Å². The third kappa shape index (κ3) is 3.39. The van der Waals surface area contributed by atoms with Crippen LogP contribution >= 0.6 is 0 Å². The van der Waals surface area contributed by atoms with Crippen LogP contribution in [0.2, 0.25) is 0 Å². The van der Waals surface area contributed by atoms with Gasteiger partial charge in [0.15, 0.2) is 0 Å². The first-order chi connectivity index (χ1) is 9.85. The van der Waals surface area contributed by atoms with E-state index in [0.717, 1.165) is 12.1 Å². The molecule has 116 valence electrons. The largest absolute Gasteiger partial charge is 0.336 e. The minimum atomic E-state index is -3.93. The number of carbonyl (C=O) groups excluding carboxylic acids is 1. The molecule has 0 radical (unpaired) electrons. The highest BCUT2D eigenvalue weighted by atomic mass is 32.2. The fourth-order valence-corrected chi connectivity index (χ4v) is 3.08. The molecule has 0 aliphatic carbocycles. The number of amides is 1. The molecule has 0 spiro atoms. The number of sulfonamides is 1. The number of piperazine rings is 1. The fourth-order valence-electron chi connectivity index (χ4n) is 2.25. The van der Waals surface area contributed by atoms with Crippen LogP contribution in [-0.2, 0) is 10.0 Å². The molecule has 2 N–H and O–H groups in total. The zero-order chi connectivity index (χ0) is 15.6. The molecule has 0 aromatic heterocycles. The Balaban J connectivity index is 2.32. The summed E-state index contributed by atoms with van der Waals surface area (Å²) in [7, 11) is -2.74. The van der Waals surface area contributed by atoms with Gasteiger partial charge in [-0.25, -0.2) is 17.5 Å². The zero-order valence-electron chi connectivity index (χ0n) is 11.9. The van der Waals surface area contributed by atoms with Crippen LogP contribution in [0.4, 0.5) is 4.39 Å². The fraction of sp³-hybridized carbons (Fsp3) is 0.462. The van der Waals surface area contributed by atoms with Crippen molar-refractivity contribution in [3.63, 3.8) is 0 Å². The average molecular weight is 315 g/mol. The number of hydrogen-bond donors (Lipinski definition) is 2. The number of carbonyl (C=O) groups is 1. The van der Waals surface area contributed by atoms with Gasteiger partial charge in [0.05, 0.1) is 0 Å². The van der Waals surface area contributed by atoms with E-state index in [1.165, 1.54) is 13.1 Å². The van der Waals surface area contributed by atoms with Crippen molar-refractivity contribution >= 4 is 15.9 Å². The number of nitrogens with one attached hydrogen (secondary N) is 2. The molecule has 1 amide bonds. The topological polar surface area (TPSA) is 78.5 Å². The second-order valence-electron chi connectivity index (χ2n) is 4.96. The maximum atomic E-state index is 13.7. The Hall–Kier alpha value is -1.51. The molecule has 6 nitrogen and oxygen atoms in total. The van der Waals surface area contributed by atoms with E-state index in [1.54, 1.807) is 4.90 Å². The van der Waals surface area contributed by atoms with E-state index in [-0.39, 0.29) is 17.5 Å². The van der Waals surface area contributed by atoms with Crippen molar-refractivity contribution in [2.45, 2.75) is 17.9 Å². The second kappa shape index (κ2) is 6.08. The van der Waals surface area contributed by atoms with Crippen LogP contribution in [-0.4, -0.2) is 51.9 Å². The van der Waals surface area contributed by atoms with E-state index in [9.17, 15) is 17.6 Å². The van der Waals surface area contributed by atoms with Gasteiger partial charge in [-0.15, -0.1) is 0 Å². The van der Waals surface area contributed by atoms with Crippen molar-refractivity contribution in [3.8, 4) is 0 Å². The molecule has 1 aromatic rings. The third-order valence-corrected chi connectivity index (χ3v) is 4.82. The summed E-state index contributed by atoms with van der Waals surface area (Å²) in [5, 5.41) is 3.21. The van der Waals surface area contributed by atoms with Gasteiger partial charge in [0.1, 0.15) is 10.7 Å². The summed E-state index contributed by atoms with van der Waals surface area (Å²) in [5.74, 6) is -1.18. The molecule has 0 unspecified atom stereocenters. The van der Waals surface area contributed by atoms with Crippen LogP contribution in [0.25, 0.3) is 0 Å². The highest BCUT2D eigenvalue weighted by Gasteiger charge is 2.24. The Morgan fingerprint density at radius 3 is 2.81 bits per heavy atom. The van der Waals surface area contributed by atoms with Gasteiger partial charge in [-0.05, 0) is 32.2 Å². The van der Waals surface area contributed by atoms with Crippen molar-refractivity contribution in [2.75, 3.05) is 26.7 Å². The normalized spacial score (nSPS) is 19.6. The molecule has 1 fully saturated rings. The number of halogens is 1. The highest BCUT2D eigenvalue weighted by Crippen LogP contribution is 2.18. The predicted octanol–water partition coefficient (Wildman–Crippen LogP) is 0.168. The summed E-state index contributed by atoms with van der Waals surface area (Å²) in [5.41, 5.74) is 0.166. The highest BCUT2D eigenvalue weighted by molar-refractivity contribution is 7.89. The Labute approximate surface area is 123 Å². The minimum Gasteiger partial charge on any atom is -0.336 e. The second-order valence-corrected chi connectivity index (χ2v) is 6.81. The van der Waals surface area contributed by atoms with Crippen molar-refractivity contribution in [3.05, 3.63) is 29.6 Å². The molecule has 0 bridgehead atoms. The summed E-state index contributed by atoms with van der Waals surface area (Å²) in [6.07, 6.45) is 0. The van der Waals surface area contributed by atoms with E-state index < -0.39 is 20.7 Å². The zero-order valence-corrected chi connectivity index (χ0v) is 12.7. The first-order valence-electron chi connectivity index (χ1n) is 6.61. The molecule has 1 heterocycles. The molecular weight excluding hydrogens is 297 g/mol.